The second-order valence-corrected chi connectivity index (χ2v) is 6.23. The molecule has 0 aliphatic carbocycles. The second-order valence-electron chi connectivity index (χ2n) is 6.23. The SMILES string of the molecule is CCCn1c(C(C)(C)C)nc(-c2cc(F)cc(F)c2)c1N. The van der Waals surface area contributed by atoms with E-state index >= 15 is 0 Å². The monoisotopic (exact) mass is 293 g/mol. The summed E-state index contributed by atoms with van der Waals surface area (Å²) < 4.78 is 28.8. The molecule has 0 radical (unpaired) electrons. The van der Waals surface area contributed by atoms with E-state index < -0.39 is 11.6 Å². The van der Waals surface area contributed by atoms with Gasteiger partial charge in [-0.25, -0.2) is 13.8 Å². The standard InChI is InChI=1S/C16H21F2N3/c1-5-6-21-14(19)13(20-15(21)16(2,3)4)10-7-11(17)9-12(18)8-10/h7-9H,5-6,19H2,1-4H3. The van der Waals surface area contributed by atoms with Gasteiger partial charge in [-0.3, -0.25) is 0 Å². The predicted molar refractivity (Wildman–Crippen MR) is 81.0 cm³/mol. The summed E-state index contributed by atoms with van der Waals surface area (Å²) in [5.41, 5.74) is 6.78. The first-order chi connectivity index (χ1) is 9.74. The zero-order valence-electron chi connectivity index (χ0n) is 12.9. The Bertz CT molecular complexity index is 634. The van der Waals surface area contributed by atoms with Crippen LogP contribution in [-0.2, 0) is 12.0 Å². The molecule has 0 atom stereocenters. The van der Waals surface area contributed by atoms with Gasteiger partial charge in [0.05, 0.1) is 0 Å². The number of nitrogens with zero attached hydrogens (tertiary/aromatic N) is 2. The van der Waals surface area contributed by atoms with Crippen LogP contribution < -0.4 is 5.73 Å². The van der Waals surface area contributed by atoms with Gasteiger partial charge in [0.1, 0.15) is 29.0 Å². The maximum Gasteiger partial charge on any atom is 0.131 e. The normalized spacial score (nSPS) is 11.9. The van der Waals surface area contributed by atoms with Crippen LogP contribution in [0.15, 0.2) is 18.2 Å². The van der Waals surface area contributed by atoms with Gasteiger partial charge in [-0.2, -0.15) is 0 Å². The van der Waals surface area contributed by atoms with E-state index in [4.69, 9.17) is 5.73 Å². The molecule has 2 N–H and O–H groups in total. The molecule has 0 fully saturated rings. The van der Waals surface area contributed by atoms with Crippen LogP contribution in [0.5, 0.6) is 0 Å². The van der Waals surface area contributed by atoms with Gasteiger partial charge in [0, 0.05) is 23.6 Å². The Hall–Kier alpha value is -1.91. The minimum atomic E-state index is -0.633. The van der Waals surface area contributed by atoms with Crippen molar-refractivity contribution >= 4 is 5.82 Å². The molecule has 1 heterocycles. The van der Waals surface area contributed by atoms with E-state index in [1.54, 1.807) is 0 Å². The largest absolute Gasteiger partial charge is 0.383 e. The smallest absolute Gasteiger partial charge is 0.131 e. The van der Waals surface area contributed by atoms with Gasteiger partial charge in [0.15, 0.2) is 0 Å². The lowest BCUT2D eigenvalue weighted by Crippen LogP contribution is -2.19. The van der Waals surface area contributed by atoms with Gasteiger partial charge in [-0.05, 0) is 18.6 Å². The quantitative estimate of drug-likeness (QED) is 0.925. The van der Waals surface area contributed by atoms with E-state index in [9.17, 15) is 8.78 Å². The second kappa shape index (κ2) is 5.47. The topological polar surface area (TPSA) is 43.8 Å². The first kappa shape index (κ1) is 15.5. The number of hydrogen-bond donors (Lipinski definition) is 1. The molecule has 0 saturated carbocycles. The number of rotatable bonds is 3. The fraction of sp³-hybridized carbons (Fsp3) is 0.438. The Balaban J connectivity index is 2.64. The number of aromatic nitrogens is 2. The maximum atomic E-state index is 13.4. The van der Waals surface area contributed by atoms with Crippen molar-refractivity contribution in [3.63, 3.8) is 0 Å². The van der Waals surface area contributed by atoms with E-state index in [2.05, 4.69) is 4.98 Å². The van der Waals surface area contributed by atoms with Crippen LogP contribution in [0.25, 0.3) is 11.3 Å². The van der Waals surface area contributed by atoms with Crippen molar-refractivity contribution < 1.29 is 8.78 Å². The number of anilines is 1. The van der Waals surface area contributed by atoms with Crippen molar-refractivity contribution in [1.82, 2.24) is 9.55 Å². The molecule has 0 aliphatic rings. The van der Waals surface area contributed by atoms with Crippen molar-refractivity contribution in [3.8, 4) is 11.3 Å². The van der Waals surface area contributed by atoms with Crippen LogP contribution >= 0.6 is 0 Å². The van der Waals surface area contributed by atoms with Gasteiger partial charge in [0.2, 0.25) is 0 Å². The number of imidazole rings is 1. The summed E-state index contributed by atoms with van der Waals surface area (Å²) in [5.74, 6) is 0.00629. The van der Waals surface area contributed by atoms with Gasteiger partial charge in [-0.15, -0.1) is 0 Å². The minimum Gasteiger partial charge on any atom is -0.383 e. The molecule has 0 amide bonds. The van der Waals surface area contributed by atoms with E-state index in [1.807, 2.05) is 32.3 Å². The maximum absolute atomic E-state index is 13.4. The summed E-state index contributed by atoms with van der Waals surface area (Å²) in [6.07, 6.45) is 0.903. The van der Waals surface area contributed by atoms with E-state index in [-0.39, 0.29) is 5.41 Å². The molecule has 0 unspecified atom stereocenters. The molecule has 114 valence electrons. The van der Waals surface area contributed by atoms with E-state index in [0.29, 0.717) is 17.1 Å². The minimum absolute atomic E-state index is 0.201. The number of benzene rings is 1. The molecule has 0 spiro atoms. The molecule has 0 bridgehead atoms. The van der Waals surface area contributed by atoms with Crippen molar-refractivity contribution in [1.29, 1.82) is 0 Å². The highest BCUT2D eigenvalue weighted by atomic mass is 19.1. The fourth-order valence-electron chi connectivity index (χ4n) is 2.39. The highest BCUT2D eigenvalue weighted by molar-refractivity contribution is 5.71. The highest BCUT2D eigenvalue weighted by Crippen LogP contribution is 2.32. The van der Waals surface area contributed by atoms with Crippen molar-refractivity contribution in [2.45, 2.75) is 46.1 Å². The predicted octanol–water partition coefficient (Wildman–Crippen LogP) is 4.12. The van der Waals surface area contributed by atoms with Gasteiger partial charge in [0.25, 0.3) is 0 Å². The average Bonchev–Trinajstić information content (AvgIpc) is 2.66. The van der Waals surface area contributed by atoms with Crippen LogP contribution in [0.3, 0.4) is 0 Å². The molecule has 0 aliphatic heterocycles. The molecule has 0 saturated heterocycles. The summed E-state index contributed by atoms with van der Waals surface area (Å²) in [7, 11) is 0. The number of hydrogen-bond acceptors (Lipinski definition) is 2. The molecule has 21 heavy (non-hydrogen) atoms. The lowest BCUT2D eigenvalue weighted by Gasteiger charge is -2.19. The number of halogens is 2. The molecule has 1 aromatic carbocycles. The summed E-state index contributed by atoms with van der Waals surface area (Å²) in [4.78, 5) is 4.56. The highest BCUT2D eigenvalue weighted by Gasteiger charge is 2.25. The molecule has 2 rings (SSSR count). The summed E-state index contributed by atoms with van der Waals surface area (Å²) in [6, 6.07) is 3.35. The summed E-state index contributed by atoms with van der Waals surface area (Å²) >= 11 is 0. The molecule has 1 aromatic heterocycles. The van der Waals surface area contributed by atoms with Crippen molar-refractivity contribution in [2.75, 3.05) is 5.73 Å². The first-order valence-electron chi connectivity index (χ1n) is 7.07. The molecular formula is C16H21F2N3. The van der Waals surface area contributed by atoms with Gasteiger partial charge < -0.3 is 10.3 Å². The van der Waals surface area contributed by atoms with E-state index in [0.717, 1.165) is 24.9 Å². The Morgan fingerprint density at radius 3 is 2.19 bits per heavy atom. The summed E-state index contributed by atoms with van der Waals surface area (Å²) in [5, 5.41) is 0. The third-order valence-electron chi connectivity index (χ3n) is 3.26. The van der Waals surface area contributed by atoms with Crippen LogP contribution in [0.2, 0.25) is 0 Å². The Morgan fingerprint density at radius 1 is 1.14 bits per heavy atom. The van der Waals surface area contributed by atoms with Crippen molar-refractivity contribution in [3.05, 3.63) is 35.7 Å². The van der Waals surface area contributed by atoms with Crippen LogP contribution in [0.1, 0.15) is 39.9 Å². The molecular weight excluding hydrogens is 272 g/mol. The third-order valence-corrected chi connectivity index (χ3v) is 3.26. The summed E-state index contributed by atoms with van der Waals surface area (Å²) in [6.45, 7) is 8.89. The fourth-order valence-corrected chi connectivity index (χ4v) is 2.39. The van der Waals surface area contributed by atoms with Crippen molar-refractivity contribution in [2.24, 2.45) is 0 Å². The van der Waals surface area contributed by atoms with Gasteiger partial charge >= 0.3 is 0 Å². The molecule has 5 heteroatoms. The number of nitrogens with two attached hydrogens (primary N) is 1. The van der Waals surface area contributed by atoms with Crippen LogP contribution in [0, 0.1) is 11.6 Å². The average molecular weight is 293 g/mol. The lowest BCUT2D eigenvalue weighted by molar-refractivity contribution is 0.498. The van der Waals surface area contributed by atoms with Gasteiger partial charge in [-0.1, -0.05) is 27.7 Å². The Kier molecular flexibility index (Phi) is 4.03. The zero-order chi connectivity index (χ0) is 15.8. The number of nitrogen functional groups attached to an aromatic ring is 1. The Morgan fingerprint density at radius 2 is 1.71 bits per heavy atom. The van der Waals surface area contributed by atoms with Crippen LogP contribution in [-0.4, -0.2) is 9.55 Å². The third kappa shape index (κ3) is 3.06. The molecule has 3 nitrogen and oxygen atoms in total. The Labute approximate surface area is 123 Å². The zero-order valence-corrected chi connectivity index (χ0v) is 12.9. The lowest BCUT2D eigenvalue weighted by atomic mass is 9.95. The first-order valence-corrected chi connectivity index (χ1v) is 7.07. The van der Waals surface area contributed by atoms with E-state index in [1.165, 1.54) is 12.1 Å². The molecule has 2 aromatic rings. The van der Waals surface area contributed by atoms with Crippen LogP contribution in [0.4, 0.5) is 14.6 Å².